The molecule has 168 valence electrons. The maximum Gasteiger partial charge on any atom is 0.264 e. The molecular formula is C26H23ClN2O3S. The molecule has 3 aromatic carbocycles. The molecule has 3 aromatic rings. The molecule has 0 aliphatic carbocycles. The number of rotatable bonds is 7. The summed E-state index contributed by atoms with van der Waals surface area (Å²) in [6.45, 7) is 2.48. The van der Waals surface area contributed by atoms with Crippen LogP contribution in [0, 0.1) is 0 Å². The normalized spacial score (nSPS) is 15.7. The topological polar surface area (TPSA) is 59.9 Å². The minimum absolute atomic E-state index is 0.172. The summed E-state index contributed by atoms with van der Waals surface area (Å²) in [5.74, 6) is 1.04. The predicted molar refractivity (Wildman–Crippen MR) is 135 cm³/mol. The third-order valence-corrected chi connectivity index (χ3v) is 6.20. The van der Waals surface area contributed by atoms with Gasteiger partial charge in [-0.1, -0.05) is 54.9 Å². The van der Waals surface area contributed by atoms with Crippen LogP contribution in [0.15, 0.2) is 76.6 Å². The van der Waals surface area contributed by atoms with E-state index in [2.05, 4.69) is 17.2 Å². The highest BCUT2D eigenvalue weighted by atomic mass is 35.5. The van der Waals surface area contributed by atoms with Crippen molar-refractivity contribution in [2.24, 2.45) is 4.99 Å². The van der Waals surface area contributed by atoms with Gasteiger partial charge >= 0.3 is 0 Å². The SMILES string of the molecule is CCc1ccccc1N=C1NC(=O)/C(=C/c2ccc(OCc3ccc(Cl)cc3)c(OC)c2)S1. The number of aryl methyl sites for hydroxylation is 1. The number of nitrogens with zero attached hydrogens (tertiary/aromatic N) is 1. The molecule has 1 aliphatic heterocycles. The van der Waals surface area contributed by atoms with Crippen LogP contribution in [0.1, 0.15) is 23.6 Å². The van der Waals surface area contributed by atoms with Crippen LogP contribution < -0.4 is 14.8 Å². The van der Waals surface area contributed by atoms with E-state index in [0.717, 1.165) is 28.8 Å². The number of hydrogen-bond donors (Lipinski definition) is 1. The van der Waals surface area contributed by atoms with Crippen LogP contribution in [-0.2, 0) is 17.8 Å². The lowest BCUT2D eigenvalue weighted by Crippen LogP contribution is -2.19. The number of carbonyl (C=O) groups excluding carboxylic acids is 1. The standard InChI is InChI=1S/C26H23ClN2O3S/c1-3-19-6-4-5-7-21(19)28-26-29-25(30)24(33-26)15-18-10-13-22(23(14-18)31-2)32-16-17-8-11-20(27)12-9-17/h4-15H,3,16H2,1-2H3,(H,28,29,30)/b24-15-. The number of aliphatic imine (C=N–C) groups is 1. The summed E-state index contributed by atoms with van der Waals surface area (Å²) in [4.78, 5) is 17.7. The van der Waals surface area contributed by atoms with E-state index >= 15 is 0 Å². The molecule has 1 heterocycles. The Kier molecular flexibility index (Phi) is 7.37. The van der Waals surface area contributed by atoms with Crippen molar-refractivity contribution < 1.29 is 14.3 Å². The molecule has 1 aliphatic rings. The molecule has 5 nitrogen and oxygen atoms in total. The summed E-state index contributed by atoms with van der Waals surface area (Å²) in [6, 6.07) is 21.0. The molecule has 0 radical (unpaired) electrons. The van der Waals surface area contributed by atoms with E-state index in [1.165, 1.54) is 11.8 Å². The average molecular weight is 479 g/mol. The highest BCUT2D eigenvalue weighted by Gasteiger charge is 2.24. The molecule has 4 rings (SSSR count). The molecule has 0 unspecified atom stereocenters. The van der Waals surface area contributed by atoms with Crippen LogP contribution >= 0.6 is 23.4 Å². The molecule has 7 heteroatoms. The van der Waals surface area contributed by atoms with Crippen molar-refractivity contribution in [2.75, 3.05) is 7.11 Å². The van der Waals surface area contributed by atoms with Crippen molar-refractivity contribution in [3.63, 3.8) is 0 Å². The molecule has 33 heavy (non-hydrogen) atoms. The summed E-state index contributed by atoms with van der Waals surface area (Å²) < 4.78 is 11.4. The number of halogens is 1. The van der Waals surface area contributed by atoms with Crippen LogP contribution in [0.4, 0.5) is 5.69 Å². The van der Waals surface area contributed by atoms with Crippen molar-refractivity contribution in [1.82, 2.24) is 5.32 Å². The highest BCUT2D eigenvalue weighted by molar-refractivity contribution is 8.18. The fraction of sp³-hybridized carbons (Fsp3) is 0.154. The second-order valence-corrected chi connectivity index (χ2v) is 8.76. The Morgan fingerprint density at radius 1 is 1.06 bits per heavy atom. The van der Waals surface area contributed by atoms with E-state index in [1.54, 1.807) is 7.11 Å². The van der Waals surface area contributed by atoms with Gasteiger partial charge in [-0.3, -0.25) is 4.79 Å². The second-order valence-electron chi connectivity index (χ2n) is 7.29. The van der Waals surface area contributed by atoms with Gasteiger partial charge in [-0.15, -0.1) is 0 Å². The van der Waals surface area contributed by atoms with Crippen molar-refractivity contribution in [2.45, 2.75) is 20.0 Å². The van der Waals surface area contributed by atoms with Crippen molar-refractivity contribution in [1.29, 1.82) is 0 Å². The van der Waals surface area contributed by atoms with Crippen LogP contribution in [0.2, 0.25) is 5.02 Å². The number of ether oxygens (including phenoxy) is 2. The first-order valence-electron chi connectivity index (χ1n) is 10.5. The molecule has 0 atom stereocenters. The molecule has 1 N–H and O–H groups in total. The number of amides is 1. The molecule has 0 saturated carbocycles. The monoisotopic (exact) mass is 478 g/mol. The minimum atomic E-state index is -0.172. The van der Waals surface area contributed by atoms with E-state index in [-0.39, 0.29) is 5.91 Å². The highest BCUT2D eigenvalue weighted by Crippen LogP contribution is 2.33. The summed E-state index contributed by atoms with van der Waals surface area (Å²) in [5.41, 5.74) is 3.84. The first kappa shape index (κ1) is 23.0. The fourth-order valence-electron chi connectivity index (χ4n) is 3.30. The zero-order valence-corrected chi connectivity index (χ0v) is 19.9. The maximum absolute atomic E-state index is 12.5. The Balaban J connectivity index is 1.49. The number of nitrogens with one attached hydrogen (secondary N) is 1. The largest absolute Gasteiger partial charge is 0.493 e. The minimum Gasteiger partial charge on any atom is -0.493 e. The first-order chi connectivity index (χ1) is 16.1. The molecule has 1 fully saturated rings. The number of benzene rings is 3. The third kappa shape index (κ3) is 5.78. The zero-order chi connectivity index (χ0) is 23.2. The van der Waals surface area contributed by atoms with Crippen molar-refractivity contribution >= 4 is 46.2 Å². The lowest BCUT2D eigenvalue weighted by Gasteiger charge is -2.11. The van der Waals surface area contributed by atoms with E-state index in [9.17, 15) is 4.79 Å². The quantitative estimate of drug-likeness (QED) is 0.400. The Labute approximate surface area is 202 Å². The molecule has 1 amide bonds. The van der Waals surface area contributed by atoms with Gasteiger partial charge < -0.3 is 14.8 Å². The summed E-state index contributed by atoms with van der Waals surface area (Å²) >= 11 is 7.25. The smallest absolute Gasteiger partial charge is 0.264 e. The van der Waals surface area contributed by atoms with Gasteiger partial charge in [-0.2, -0.15) is 0 Å². The Morgan fingerprint density at radius 3 is 2.61 bits per heavy atom. The van der Waals surface area contributed by atoms with Crippen LogP contribution in [-0.4, -0.2) is 18.2 Å². The Bertz CT molecular complexity index is 1220. The van der Waals surface area contributed by atoms with Gasteiger partial charge in [0.1, 0.15) is 6.61 Å². The molecule has 0 bridgehead atoms. The zero-order valence-electron chi connectivity index (χ0n) is 18.3. The number of carbonyl (C=O) groups is 1. The Hall–Kier alpha value is -3.22. The number of para-hydroxylation sites is 1. The van der Waals surface area contributed by atoms with Gasteiger partial charge in [0.05, 0.1) is 17.7 Å². The van der Waals surface area contributed by atoms with Gasteiger partial charge in [0.2, 0.25) is 0 Å². The van der Waals surface area contributed by atoms with Gasteiger partial charge in [-0.25, -0.2) is 4.99 Å². The summed E-state index contributed by atoms with van der Waals surface area (Å²) in [6.07, 6.45) is 2.69. The lowest BCUT2D eigenvalue weighted by molar-refractivity contribution is -0.115. The fourth-order valence-corrected chi connectivity index (χ4v) is 4.26. The predicted octanol–water partition coefficient (Wildman–Crippen LogP) is 6.38. The van der Waals surface area contributed by atoms with Crippen molar-refractivity contribution in [3.8, 4) is 11.5 Å². The van der Waals surface area contributed by atoms with Gasteiger partial charge in [0, 0.05) is 5.02 Å². The van der Waals surface area contributed by atoms with E-state index in [4.69, 9.17) is 21.1 Å². The molecular weight excluding hydrogens is 456 g/mol. The van der Waals surface area contributed by atoms with Gasteiger partial charge in [0.25, 0.3) is 5.91 Å². The Morgan fingerprint density at radius 2 is 1.85 bits per heavy atom. The number of thioether (sulfide) groups is 1. The van der Waals surface area contributed by atoms with Gasteiger partial charge in [0.15, 0.2) is 16.7 Å². The third-order valence-electron chi connectivity index (χ3n) is 5.04. The maximum atomic E-state index is 12.5. The molecule has 1 saturated heterocycles. The second kappa shape index (κ2) is 10.6. The van der Waals surface area contributed by atoms with E-state index < -0.39 is 0 Å². The number of hydrogen-bond acceptors (Lipinski definition) is 5. The average Bonchev–Trinajstić information content (AvgIpc) is 3.17. The van der Waals surface area contributed by atoms with E-state index in [1.807, 2.05) is 72.8 Å². The summed E-state index contributed by atoms with van der Waals surface area (Å²) in [7, 11) is 1.59. The van der Waals surface area contributed by atoms with E-state index in [0.29, 0.717) is 33.2 Å². The summed E-state index contributed by atoms with van der Waals surface area (Å²) in [5, 5.41) is 4.10. The number of amidine groups is 1. The van der Waals surface area contributed by atoms with Crippen LogP contribution in [0.25, 0.3) is 6.08 Å². The molecule has 0 spiro atoms. The van der Waals surface area contributed by atoms with Crippen molar-refractivity contribution in [3.05, 3.63) is 93.3 Å². The lowest BCUT2D eigenvalue weighted by atomic mass is 10.1. The van der Waals surface area contributed by atoms with Crippen LogP contribution in [0.3, 0.4) is 0 Å². The first-order valence-corrected chi connectivity index (χ1v) is 11.7. The van der Waals surface area contributed by atoms with Gasteiger partial charge in [-0.05, 0) is 71.3 Å². The van der Waals surface area contributed by atoms with Crippen LogP contribution in [0.5, 0.6) is 11.5 Å². The molecule has 0 aromatic heterocycles. The number of methoxy groups -OCH3 is 1.